The number of aliphatic hydroxyl groups is 1. The minimum atomic E-state index is -1.02. The van der Waals surface area contributed by atoms with E-state index in [1.807, 2.05) is 0 Å². The van der Waals surface area contributed by atoms with E-state index in [0.29, 0.717) is 12.1 Å². The van der Waals surface area contributed by atoms with Crippen molar-refractivity contribution in [3.05, 3.63) is 35.4 Å². The Balaban J connectivity index is 1.81. The van der Waals surface area contributed by atoms with Gasteiger partial charge in [0.1, 0.15) is 5.60 Å². The van der Waals surface area contributed by atoms with Crippen molar-refractivity contribution in [2.45, 2.75) is 32.0 Å². The molecule has 0 aromatic heterocycles. The van der Waals surface area contributed by atoms with Crippen molar-refractivity contribution in [3.8, 4) is 11.8 Å². The van der Waals surface area contributed by atoms with Crippen LogP contribution in [0, 0.1) is 11.8 Å². The summed E-state index contributed by atoms with van der Waals surface area (Å²) >= 11 is 0. The zero-order chi connectivity index (χ0) is 17.6. The number of likely N-dealkylation sites (N-methyl/N-ethyl adjacent to an activating group) is 1. The van der Waals surface area contributed by atoms with E-state index < -0.39 is 5.60 Å². The lowest BCUT2D eigenvalue weighted by Crippen LogP contribution is -2.41. The molecular weight excluding hydrogens is 304 g/mol. The lowest BCUT2D eigenvalue weighted by Gasteiger charge is -2.30. The summed E-state index contributed by atoms with van der Waals surface area (Å²) in [5, 5.41) is 12.5. The van der Waals surface area contributed by atoms with Gasteiger partial charge in [-0.2, -0.15) is 0 Å². The van der Waals surface area contributed by atoms with Crippen LogP contribution in [0.1, 0.15) is 36.2 Å². The number of nitrogens with one attached hydrogen (secondary N) is 1. The van der Waals surface area contributed by atoms with Gasteiger partial charge in [-0.25, -0.2) is 0 Å². The summed E-state index contributed by atoms with van der Waals surface area (Å²) in [6.45, 7) is 6.49. The first-order valence-electron chi connectivity index (χ1n) is 8.27. The topological polar surface area (TPSA) is 61.8 Å². The summed E-state index contributed by atoms with van der Waals surface area (Å²) in [5.74, 6) is 5.54. The Kier molecular flexibility index (Phi) is 6.38. The average Bonchev–Trinajstić information content (AvgIpc) is 2.53. The molecule has 1 aliphatic rings. The Morgan fingerprint density at radius 1 is 1.42 bits per heavy atom. The zero-order valence-electron chi connectivity index (χ0n) is 14.6. The van der Waals surface area contributed by atoms with Gasteiger partial charge < -0.3 is 20.1 Å². The van der Waals surface area contributed by atoms with Crippen molar-refractivity contribution < 1.29 is 14.6 Å². The second-order valence-electron chi connectivity index (χ2n) is 6.69. The third-order valence-electron chi connectivity index (χ3n) is 3.75. The van der Waals surface area contributed by atoms with Gasteiger partial charge in [-0.3, -0.25) is 4.79 Å². The van der Waals surface area contributed by atoms with Gasteiger partial charge in [0, 0.05) is 30.8 Å². The third-order valence-corrected chi connectivity index (χ3v) is 3.75. The smallest absolute Gasteiger partial charge is 0.251 e. The number of hydrogen-bond acceptors (Lipinski definition) is 4. The Hall–Kier alpha value is -1.87. The first-order chi connectivity index (χ1) is 11.3. The molecule has 1 amide bonds. The lowest BCUT2D eigenvalue weighted by molar-refractivity contribution is -0.0226. The largest absolute Gasteiger partial charge is 0.378 e. The maximum absolute atomic E-state index is 12.1. The van der Waals surface area contributed by atoms with Crippen LogP contribution in [-0.4, -0.2) is 60.9 Å². The van der Waals surface area contributed by atoms with Crippen LogP contribution in [0.4, 0.5) is 0 Å². The molecule has 0 unspecified atom stereocenters. The van der Waals surface area contributed by atoms with E-state index in [1.54, 1.807) is 38.1 Å². The maximum atomic E-state index is 12.1. The molecule has 0 spiro atoms. The Morgan fingerprint density at radius 2 is 2.12 bits per heavy atom. The molecule has 0 saturated carbocycles. The van der Waals surface area contributed by atoms with Gasteiger partial charge in [0.2, 0.25) is 0 Å². The van der Waals surface area contributed by atoms with Gasteiger partial charge in [0.15, 0.2) is 0 Å². The number of carbonyl (C=O) groups excluding carboxylic acids is 1. The van der Waals surface area contributed by atoms with Crippen molar-refractivity contribution in [1.29, 1.82) is 0 Å². The molecule has 1 atom stereocenters. The monoisotopic (exact) mass is 330 g/mol. The van der Waals surface area contributed by atoms with Crippen LogP contribution in [0.15, 0.2) is 24.3 Å². The van der Waals surface area contributed by atoms with Crippen LogP contribution in [0.3, 0.4) is 0 Å². The first kappa shape index (κ1) is 18.5. The molecule has 5 heteroatoms. The number of hydrogen-bond donors (Lipinski definition) is 2. The molecule has 1 aliphatic heterocycles. The van der Waals surface area contributed by atoms with Crippen LogP contribution in [0.25, 0.3) is 0 Å². The molecule has 2 rings (SSSR count). The Labute approximate surface area is 144 Å². The summed E-state index contributed by atoms with van der Waals surface area (Å²) in [7, 11) is 2.08. The highest BCUT2D eigenvalue weighted by molar-refractivity contribution is 5.94. The molecule has 1 fully saturated rings. The summed E-state index contributed by atoms with van der Waals surface area (Å²) in [6.07, 6.45) is 0.995. The minimum absolute atomic E-state index is 0.0961. The third kappa shape index (κ3) is 6.32. The van der Waals surface area contributed by atoms with Gasteiger partial charge in [0.25, 0.3) is 5.91 Å². The molecule has 0 bridgehead atoms. The molecule has 5 nitrogen and oxygen atoms in total. The van der Waals surface area contributed by atoms with Crippen molar-refractivity contribution >= 4 is 5.91 Å². The predicted octanol–water partition coefficient (Wildman–Crippen LogP) is 1.26. The number of rotatable bonds is 4. The second kappa shape index (κ2) is 8.29. The number of benzene rings is 1. The van der Waals surface area contributed by atoms with E-state index in [-0.39, 0.29) is 12.0 Å². The molecule has 0 aliphatic carbocycles. The quantitative estimate of drug-likeness (QED) is 0.816. The van der Waals surface area contributed by atoms with E-state index in [9.17, 15) is 9.90 Å². The van der Waals surface area contributed by atoms with Crippen molar-refractivity contribution in [2.75, 3.05) is 33.3 Å². The number of nitrogens with zero attached hydrogens (tertiary/aromatic N) is 1. The van der Waals surface area contributed by atoms with E-state index in [1.165, 1.54) is 0 Å². The normalized spacial score (nSPS) is 18.6. The molecule has 1 aromatic carbocycles. The average molecular weight is 330 g/mol. The van der Waals surface area contributed by atoms with E-state index >= 15 is 0 Å². The van der Waals surface area contributed by atoms with Gasteiger partial charge in [0.05, 0.1) is 12.7 Å². The SMILES string of the molecule is CN1CCO[C@H](CCNC(=O)c2ccc(C#CC(C)(C)O)cc2)C1. The summed E-state index contributed by atoms with van der Waals surface area (Å²) in [5.41, 5.74) is 0.350. The van der Waals surface area contributed by atoms with Crippen LogP contribution in [-0.2, 0) is 4.74 Å². The van der Waals surface area contributed by atoms with E-state index in [4.69, 9.17) is 4.74 Å². The van der Waals surface area contributed by atoms with Crippen molar-refractivity contribution in [2.24, 2.45) is 0 Å². The molecular formula is C19H26N2O3. The molecule has 2 N–H and O–H groups in total. The highest BCUT2D eigenvalue weighted by Gasteiger charge is 2.17. The minimum Gasteiger partial charge on any atom is -0.378 e. The summed E-state index contributed by atoms with van der Waals surface area (Å²) in [4.78, 5) is 14.4. The fourth-order valence-corrected chi connectivity index (χ4v) is 2.42. The van der Waals surface area contributed by atoms with Gasteiger partial charge in [-0.15, -0.1) is 0 Å². The number of morpholine rings is 1. The Morgan fingerprint density at radius 3 is 2.75 bits per heavy atom. The summed E-state index contributed by atoms with van der Waals surface area (Å²) in [6, 6.07) is 7.06. The highest BCUT2D eigenvalue weighted by atomic mass is 16.5. The zero-order valence-corrected chi connectivity index (χ0v) is 14.6. The molecule has 24 heavy (non-hydrogen) atoms. The standard InChI is InChI=1S/C19H26N2O3/c1-19(2,23)10-8-15-4-6-16(7-5-15)18(22)20-11-9-17-14-21(3)12-13-24-17/h4-7,17,23H,9,11-14H2,1-3H3,(H,20,22)/t17-/m1/s1. The number of amides is 1. The fourth-order valence-electron chi connectivity index (χ4n) is 2.42. The maximum Gasteiger partial charge on any atom is 0.251 e. The second-order valence-corrected chi connectivity index (χ2v) is 6.69. The predicted molar refractivity (Wildman–Crippen MR) is 93.8 cm³/mol. The molecule has 130 valence electrons. The van der Waals surface area contributed by atoms with E-state index in [0.717, 1.165) is 31.7 Å². The van der Waals surface area contributed by atoms with E-state index in [2.05, 4.69) is 29.1 Å². The van der Waals surface area contributed by atoms with Crippen molar-refractivity contribution in [3.63, 3.8) is 0 Å². The van der Waals surface area contributed by atoms with Crippen LogP contribution < -0.4 is 5.32 Å². The number of ether oxygens (including phenoxy) is 1. The van der Waals surface area contributed by atoms with Crippen LogP contribution in [0.5, 0.6) is 0 Å². The summed E-state index contributed by atoms with van der Waals surface area (Å²) < 4.78 is 5.68. The van der Waals surface area contributed by atoms with Gasteiger partial charge in [-0.1, -0.05) is 11.8 Å². The van der Waals surface area contributed by atoms with Gasteiger partial charge >= 0.3 is 0 Å². The molecule has 1 aromatic rings. The van der Waals surface area contributed by atoms with Gasteiger partial charge in [-0.05, 0) is 51.6 Å². The highest BCUT2D eigenvalue weighted by Crippen LogP contribution is 2.07. The number of carbonyl (C=O) groups is 1. The first-order valence-corrected chi connectivity index (χ1v) is 8.27. The lowest BCUT2D eigenvalue weighted by atomic mass is 10.1. The molecule has 1 heterocycles. The Bertz CT molecular complexity index is 608. The van der Waals surface area contributed by atoms with Crippen LogP contribution in [0.2, 0.25) is 0 Å². The van der Waals surface area contributed by atoms with Crippen molar-refractivity contribution in [1.82, 2.24) is 10.2 Å². The van der Waals surface area contributed by atoms with Crippen LogP contribution >= 0.6 is 0 Å². The fraction of sp³-hybridized carbons (Fsp3) is 0.526. The molecule has 1 saturated heterocycles. The molecule has 0 radical (unpaired) electrons.